The number of fused-ring (bicyclic) bond motifs is 2. The molecule has 3 rings (SSSR count). The van der Waals surface area contributed by atoms with Gasteiger partial charge in [0.2, 0.25) is 0 Å². The Morgan fingerprint density at radius 1 is 0.818 bits per heavy atom. The third kappa shape index (κ3) is 2.22. The Hall–Kier alpha value is -2.75. The van der Waals surface area contributed by atoms with E-state index in [-0.39, 0.29) is 5.97 Å². The van der Waals surface area contributed by atoms with E-state index in [0.29, 0.717) is 5.75 Å². The number of carbonyl (C=O) groups excluding carboxylic acids is 1. The number of methoxy groups -OCH3 is 2. The Morgan fingerprint density at radius 3 is 1.73 bits per heavy atom. The highest BCUT2D eigenvalue weighted by atomic mass is 16.5. The van der Waals surface area contributed by atoms with E-state index < -0.39 is 0 Å². The summed E-state index contributed by atoms with van der Waals surface area (Å²) in [7, 11) is 3.24. The normalized spacial score (nSPS) is 10.7. The van der Waals surface area contributed by atoms with Crippen molar-refractivity contribution in [3.63, 3.8) is 0 Å². The molecule has 0 spiro atoms. The van der Waals surface area contributed by atoms with Gasteiger partial charge in [-0.3, -0.25) is 4.79 Å². The largest absolute Gasteiger partial charge is 0.496 e. The molecule has 0 heterocycles. The van der Waals surface area contributed by atoms with Gasteiger partial charge >= 0.3 is 5.97 Å². The minimum atomic E-state index is -0.362. The van der Waals surface area contributed by atoms with Gasteiger partial charge in [-0.25, -0.2) is 0 Å². The topological polar surface area (TPSA) is 44.8 Å². The molecular weight excluding hydrogens is 280 g/mol. The first-order valence-corrected chi connectivity index (χ1v) is 6.90. The molecule has 0 fully saturated rings. The smallest absolute Gasteiger partial charge is 0.308 e. The maximum absolute atomic E-state index is 11.5. The predicted octanol–water partition coefficient (Wildman–Crippen LogP) is 3.94. The zero-order valence-electron chi connectivity index (χ0n) is 12.7. The Morgan fingerprint density at radius 2 is 1.32 bits per heavy atom. The third-order valence-corrected chi connectivity index (χ3v) is 3.60. The summed E-state index contributed by atoms with van der Waals surface area (Å²) in [5.41, 5.74) is 0. The molecule has 3 aromatic carbocycles. The molecule has 0 aliphatic heterocycles. The van der Waals surface area contributed by atoms with Crippen LogP contribution < -0.4 is 14.2 Å². The van der Waals surface area contributed by atoms with Crippen molar-refractivity contribution < 1.29 is 19.0 Å². The Balaban J connectivity index is 2.49. The quantitative estimate of drug-likeness (QED) is 0.417. The van der Waals surface area contributed by atoms with Gasteiger partial charge in [0.15, 0.2) is 0 Å². The standard InChI is InChI=1S/C18H16O4/c1-11(19)22-18-12-6-4-8-16(20-2)14(12)10-15-13(18)7-5-9-17(15)21-3/h4-10H,1-3H3. The van der Waals surface area contributed by atoms with Gasteiger partial charge in [-0.1, -0.05) is 24.3 Å². The predicted molar refractivity (Wildman–Crippen MR) is 85.9 cm³/mol. The minimum Gasteiger partial charge on any atom is -0.496 e. The van der Waals surface area contributed by atoms with Crippen molar-refractivity contribution in [1.29, 1.82) is 0 Å². The van der Waals surface area contributed by atoms with Crippen LogP contribution in [0.15, 0.2) is 42.5 Å². The molecule has 0 radical (unpaired) electrons. The molecule has 0 atom stereocenters. The number of carbonyl (C=O) groups is 1. The Kier molecular flexibility index (Phi) is 3.59. The number of rotatable bonds is 3. The van der Waals surface area contributed by atoms with E-state index in [0.717, 1.165) is 33.0 Å². The lowest BCUT2D eigenvalue weighted by atomic mass is 10.0. The molecule has 0 aliphatic carbocycles. The van der Waals surface area contributed by atoms with Crippen LogP contribution in [0, 0.1) is 0 Å². The second-order valence-corrected chi connectivity index (χ2v) is 4.91. The molecule has 0 amide bonds. The van der Waals surface area contributed by atoms with Crippen molar-refractivity contribution in [3.05, 3.63) is 42.5 Å². The van der Waals surface area contributed by atoms with Crippen LogP contribution in [-0.2, 0) is 4.79 Å². The summed E-state index contributed by atoms with van der Waals surface area (Å²) < 4.78 is 16.3. The van der Waals surface area contributed by atoms with E-state index in [9.17, 15) is 4.79 Å². The summed E-state index contributed by atoms with van der Waals surface area (Å²) in [5, 5.41) is 3.40. The van der Waals surface area contributed by atoms with Crippen LogP contribution in [0.3, 0.4) is 0 Å². The van der Waals surface area contributed by atoms with Crippen LogP contribution in [-0.4, -0.2) is 20.2 Å². The van der Waals surface area contributed by atoms with Crippen LogP contribution in [0.4, 0.5) is 0 Å². The molecule has 0 bridgehead atoms. The molecule has 3 aromatic rings. The molecule has 0 aromatic heterocycles. The lowest BCUT2D eigenvalue weighted by molar-refractivity contribution is -0.131. The number of hydrogen-bond acceptors (Lipinski definition) is 4. The summed E-state index contributed by atoms with van der Waals surface area (Å²) in [5.74, 6) is 1.61. The van der Waals surface area contributed by atoms with Crippen molar-refractivity contribution in [2.75, 3.05) is 14.2 Å². The van der Waals surface area contributed by atoms with Gasteiger partial charge < -0.3 is 14.2 Å². The van der Waals surface area contributed by atoms with E-state index in [4.69, 9.17) is 14.2 Å². The summed E-state index contributed by atoms with van der Waals surface area (Å²) >= 11 is 0. The van der Waals surface area contributed by atoms with Crippen LogP contribution in [0.1, 0.15) is 6.92 Å². The molecule has 0 unspecified atom stereocenters. The molecule has 22 heavy (non-hydrogen) atoms. The molecule has 0 saturated heterocycles. The Bertz CT molecular complexity index is 806. The molecule has 0 aliphatic rings. The fourth-order valence-electron chi connectivity index (χ4n) is 2.68. The zero-order chi connectivity index (χ0) is 15.7. The zero-order valence-corrected chi connectivity index (χ0v) is 12.7. The summed E-state index contributed by atoms with van der Waals surface area (Å²) in [6.45, 7) is 1.39. The SMILES string of the molecule is COc1cccc2c(OC(C)=O)c3cccc(OC)c3cc12. The maximum Gasteiger partial charge on any atom is 0.308 e. The van der Waals surface area contributed by atoms with E-state index >= 15 is 0 Å². The van der Waals surface area contributed by atoms with Crippen LogP contribution in [0.2, 0.25) is 0 Å². The molecule has 112 valence electrons. The monoisotopic (exact) mass is 296 g/mol. The van der Waals surface area contributed by atoms with Gasteiger partial charge in [0, 0.05) is 28.5 Å². The van der Waals surface area contributed by atoms with Crippen molar-refractivity contribution >= 4 is 27.5 Å². The minimum absolute atomic E-state index is 0.362. The number of ether oxygens (including phenoxy) is 3. The third-order valence-electron chi connectivity index (χ3n) is 3.60. The summed E-state index contributed by atoms with van der Waals surface area (Å²) in [6, 6.07) is 13.3. The molecule has 4 heteroatoms. The van der Waals surface area contributed by atoms with Gasteiger partial charge in [0.05, 0.1) is 14.2 Å². The number of benzene rings is 3. The molecule has 4 nitrogen and oxygen atoms in total. The number of esters is 1. The van der Waals surface area contributed by atoms with Gasteiger partial charge in [-0.15, -0.1) is 0 Å². The van der Waals surface area contributed by atoms with Crippen LogP contribution in [0.25, 0.3) is 21.5 Å². The van der Waals surface area contributed by atoms with Crippen molar-refractivity contribution in [3.8, 4) is 17.2 Å². The number of hydrogen-bond donors (Lipinski definition) is 0. The van der Waals surface area contributed by atoms with E-state index in [1.807, 2.05) is 42.5 Å². The van der Waals surface area contributed by atoms with Gasteiger partial charge in [0.1, 0.15) is 17.2 Å². The van der Waals surface area contributed by atoms with Crippen molar-refractivity contribution in [1.82, 2.24) is 0 Å². The maximum atomic E-state index is 11.5. The van der Waals surface area contributed by atoms with E-state index in [2.05, 4.69) is 0 Å². The fourth-order valence-corrected chi connectivity index (χ4v) is 2.68. The lowest BCUT2D eigenvalue weighted by Crippen LogP contribution is -2.03. The lowest BCUT2D eigenvalue weighted by Gasteiger charge is -2.14. The summed E-state index contributed by atoms with van der Waals surface area (Å²) in [6.07, 6.45) is 0. The molecule has 0 saturated carbocycles. The first-order valence-electron chi connectivity index (χ1n) is 6.90. The first-order chi connectivity index (χ1) is 10.7. The first kappa shape index (κ1) is 14.2. The van der Waals surface area contributed by atoms with E-state index in [1.165, 1.54) is 6.92 Å². The van der Waals surface area contributed by atoms with Gasteiger partial charge in [-0.2, -0.15) is 0 Å². The van der Waals surface area contributed by atoms with E-state index in [1.54, 1.807) is 14.2 Å². The fraction of sp³-hybridized carbons (Fsp3) is 0.167. The Labute approximate surface area is 128 Å². The van der Waals surface area contributed by atoms with Crippen molar-refractivity contribution in [2.45, 2.75) is 6.92 Å². The highest BCUT2D eigenvalue weighted by molar-refractivity contribution is 6.10. The highest BCUT2D eigenvalue weighted by Gasteiger charge is 2.15. The second-order valence-electron chi connectivity index (χ2n) is 4.91. The highest BCUT2D eigenvalue weighted by Crippen LogP contribution is 2.41. The molecular formula is C18H16O4. The average molecular weight is 296 g/mol. The van der Waals surface area contributed by atoms with Crippen LogP contribution >= 0.6 is 0 Å². The summed E-state index contributed by atoms with van der Waals surface area (Å²) in [4.78, 5) is 11.5. The van der Waals surface area contributed by atoms with Crippen LogP contribution in [0.5, 0.6) is 17.2 Å². The average Bonchev–Trinajstić information content (AvgIpc) is 2.53. The molecule has 0 N–H and O–H groups in total. The van der Waals surface area contributed by atoms with Gasteiger partial charge in [-0.05, 0) is 18.2 Å². The van der Waals surface area contributed by atoms with Gasteiger partial charge in [0.25, 0.3) is 0 Å². The van der Waals surface area contributed by atoms with Crippen molar-refractivity contribution in [2.24, 2.45) is 0 Å². The second kappa shape index (κ2) is 5.56.